The highest BCUT2D eigenvalue weighted by molar-refractivity contribution is 5.71. The number of hydrogen-bond acceptors (Lipinski definition) is 6. The molecule has 66 heavy (non-hydrogen) atoms. The van der Waals surface area contributed by atoms with Crippen molar-refractivity contribution in [2.75, 3.05) is 13.2 Å². The van der Waals surface area contributed by atoms with Crippen LogP contribution in [0.2, 0.25) is 0 Å². The van der Waals surface area contributed by atoms with Gasteiger partial charge in [-0.2, -0.15) is 0 Å². The molecule has 0 aromatic carbocycles. The molecule has 0 aliphatic rings. The van der Waals surface area contributed by atoms with Gasteiger partial charge in [-0.1, -0.05) is 283 Å². The summed E-state index contributed by atoms with van der Waals surface area (Å²) in [7, 11) is 0. The second kappa shape index (κ2) is 55.7. The summed E-state index contributed by atoms with van der Waals surface area (Å²) < 4.78 is 16.8. The summed E-state index contributed by atoms with van der Waals surface area (Å²) >= 11 is 0. The van der Waals surface area contributed by atoms with Crippen molar-refractivity contribution in [2.24, 2.45) is 0 Å². The van der Waals surface area contributed by atoms with Crippen molar-refractivity contribution in [2.45, 2.75) is 341 Å². The summed E-state index contributed by atoms with van der Waals surface area (Å²) in [5, 5.41) is 0. The molecule has 0 saturated carbocycles. The van der Waals surface area contributed by atoms with Gasteiger partial charge in [0.2, 0.25) is 0 Å². The first-order valence-electron chi connectivity index (χ1n) is 29.7. The molecule has 0 fully saturated rings. The third-order valence-corrected chi connectivity index (χ3v) is 13.5. The molecule has 0 bridgehead atoms. The SMILES string of the molecule is CCCCCCCC/C=C\CCCCCCCC(=O)OC(COC(=O)CCCCCCCCCC)COC(=O)CCCCCCCCCCCCCCCCCCCCCCCCCCC. The molecular weight excluding hydrogens is 817 g/mol. The van der Waals surface area contributed by atoms with Crippen molar-refractivity contribution in [3.8, 4) is 0 Å². The van der Waals surface area contributed by atoms with Crippen molar-refractivity contribution in [3.63, 3.8) is 0 Å². The van der Waals surface area contributed by atoms with Crippen molar-refractivity contribution in [1.29, 1.82) is 0 Å². The zero-order valence-electron chi connectivity index (χ0n) is 44.7. The number of hydrogen-bond donors (Lipinski definition) is 0. The Balaban J connectivity index is 4.10. The van der Waals surface area contributed by atoms with Crippen LogP contribution in [0.1, 0.15) is 335 Å². The zero-order chi connectivity index (χ0) is 47.9. The Morgan fingerprint density at radius 1 is 0.288 bits per heavy atom. The Labute approximate surface area is 411 Å². The van der Waals surface area contributed by atoms with E-state index in [9.17, 15) is 14.4 Å². The number of carbonyl (C=O) groups is 3. The van der Waals surface area contributed by atoms with Crippen LogP contribution < -0.4 is 0 Å². The van der Waals surface area contributed by atoms with Crippen LogP contribution >= 0.6 is 0 Å². The van der Waals surface area contributed by atoms with E-state index in [0.29, 0.717) is 19.3 Å². The lowest BCUT2D eigenvalue weighted by molar-refractivity contribution is -0.167. The lowest BCUT2D eigenvalue weighted by Gasteiger charge is -2.18. The minimum absolute atomic E-state index is 0.0680. The lowest BCUT2D eigenvalue weighted by atomic mass is 10.0. The van der Waals surface area contributed by atoms with E-state index in [-0.39, 0.29) is 31.1 Å². The average Bonchev–Trinajstić information content (AvgIpc) is 3.31. The maximum absolute atomic E-state index is 12.8. The van der Waals surface area contributed by atoms with Gasteiger partial charge in [0.15, 0.2) is 6.10 Å². The molecule has 6 heteroatoms. The molecule has 0 rings (SSSR count). The molecule has 390 valence electrons. The molecular formula is C60H114O6. The third kappa shape index (κ3) is 53.1. The van der Waals surface area contributed by atoms with Crippen LogP contribution in [-0.4, -0.2) is 37.2 Å². The van der Waals surface area contributed by atoms with E-state index in [0.717, 1.165) is 64.2 Å². The van der Waals surface area contributed by atoms with Gasteiger partial charge in [-0.15, -0.1) is 0 Å². The number of carbonyl (C=O) groups excluding carboxylic acids is 3. The van der Waals surface area contributed by atoms with Crippen molar-refractivity contribution >= 4 is 17.9 Å². The first kappa shape index (κ1) is 64.2. The summed E-state index contributed by atoms with van der Waals surface area (Å²) in [6.45, 7) is 6.65. The monoisotopic (exact) mass is 931 g/mol. The summed E-state index contributed by atoms with van der Waals surface area (Å²) in [6.07, 6.45) is 63.8. The predicted octanol–water partition coefficient (Wildman–Crippen LogP) is 19.7. The fourth-order valence-electron chi connectivity index (χ4n) is 9.03. The van der Waals surface area contributed by atoms with Crippen molar-refractivity contribution in [1.82, 2.24) is 0 Å². The summed E-state index contributed by atoms with van der Waals surface area (Å²) in [5.41, 5.74) is 0. The molecule has 0 spiro atoms. The van der Waals surface area contributed by atoms with Gasteiger partial charge in [-0.3, -0.25) is 14.4 Å². The van der Waals surface area contributed by atoms with E-state index in [1.54, 1.807) is 0 Å². The summed E-state index contributed by atoms with van der Waals surface area (Å²) in [5.74, 6) is -0.860. The van der Waals surface area contributed by atoms with Gasteiger partial charge in [0.25, 0.3) is 0 Å². The first-order valence-corrected chi connectivity index (χ1v) is 29.7. The van der Waals surface area contributed by atoms with E-state index in [1.807, 2.05) is 0 Å². The molecule has 1 atom stereocenters. The third-order valence-electron chi connectivity index (χ3n) is 13.5. The molecule has 0 aliphatic heterocycles. The minimum Gasteiger partial charge on any atom is -0.462 e. The molecule has 1 unspecified atom stereocenters. The van der Waals surface area contributed by atoms with Crippen LogP contribution in [0.4, 0.5) is 0 Å². The highest BCUT2D eigenvalue weighted by Crippen LogP contribution is 2.17. The maximum Gasteiger partial charge on any atom is 0.306 e. The Kier molecular flexibility index (Phi) is 54.2. The summed E-state index contributed by atoms with van der Waals surface area (Å²) in [6, 6.07) is 0. The number of unbranched alkanes of at least 4 members (excludes halogenated alkanes) is 42. The molecule has 0 N–H and O–H groups in total. The fourth-order valence-corrected chi connectivity index (χ4v) is 9.03. The van der Waals surface area contributed by atoms with Crippen LogP contribution in [0, 0.1) is 0 Å². The van der Waals surface area contributed by atoms with E-state index in [2.05, 4.69) is 32.9 Å². The number of ether oxygens (including phenoxy) is 3. The molecule has 0 aromatic rings. The summed E-state index contributed by atoms with van der Waals surface area (Å²) in [4.78, 5) is 38.0. The van der Waals surface area contributed by atoms with Gasteiger partial charge in [-0.05, 0) is 44.9 Å². The molecule has 6 nitrogen and oxygen atoms in total. The van der Waals surface area contributed by atoms with Gasteiger partial charge >= 0.3 is 17.9 Å². The highest BCUT2D eigenvalue weighted by Gasteiger charge is 2.19. The van der Waals surface area contributed by atoms with Crippen LogP contribution in [-0.2, 0) is 28.6 Å². The fraction of sp³-hybridized carbons (Fsp3) is 0.917. The van der Waals surface area contributed by atoms with E-state index in [1.165, 1.54) is 231 Å². The molecule has 0 aliphatic carbocycles. The van der Waals surface area contributed by atoms with Gasteiger partial charge in [-0.25, -0.2) is 0 Å². The number of rotatable bonds is 55. The Morgan fingerprint density at radius 2 is 0.500 bits per heavy atom. The first-order chi connectivity index (χ1) is 32.5. The van der Waals surface area contributed by atoms with Crippen LogP contribution in [0.3, 0.4) is 0 Å². The number of allylic oxidation sites excluding steroid dienone is 2. The normalized spacial score (nSPS) is 12.0. The zero-order valence-corrected chi connectivity index (χ0v) is 44.7. The topological polar surface area (TPSA) is 78.9 Å². The molecule has 0 aromatic heterocycles. The second-order valence-corrected chi connectivity index (χ2v) is 20.3. The highest BCUT2D eigenvalue weighted by atomic mass is 16.6. The molecule has 0 saturated heterocycles. The molecule has 0 heterocycles. The van der Waals surface area contributed by atoms with Crippen molar-refractivity contribution < 1.29 is 28.6 Å². The Morgan fingerprint density at radius 3 is 0.758 bits per heavy atom. The van der Waals surface area contributed by atoms with E-state index in [4.69, 9.17) is 14.2 Å². The van der Waals surface area contributed by atoms with Crippen molar-refractivity contribution in [3.05, 3.63) is 12.2 Å². The van der Waals surface area contributed by atoms with Crippen LogP contribution in [0.15, 0.2) is 12.2 Å². The molecule has 0 amide bonds. The van der Waals surface area contributed by atoms with Gasteiger partial charge in [0.1, 0.15) is 13.2 Å². The minimum atomic E-state index is -0.767. The standard InChI is InChI=1S/C60H114O6/c1-4-7-10-13-16-19-21-23-25-26-27-28-29-30-31-32-33-34-36-37-39-41-44-47-50-53-59(62)65-56-57(55-64-58(61)52-49-46-43-18-15-12-9-6-3)66-60(63)54-51-48-45-42-40-38-35-24-22-20-17-14-11-8-5-2/h24,35,57H,4-23,25-34,36-56H2,1-3H3/b35-24-. The van der Waals surface area contributed by atoms with Crippen LogP contribution in [0.5, 0.6) is 0 Å². The van der Waals surface area contributed by atoms with E-state index < -0.39 is 6.10 Å². The van der Waals surface area contributed by atoms with E-state index >= 15 is 0 Å². The number of esters is 3. The smallest absolute Gasteiger partial charge is 0.306 e. The van der Waals surface area contributed by atoms with Gasteiger partial charge in [0.05, 0.1) is 0 Å². The van der Waals surface area contributed by atoms with Gasteiger partial charge < -0.3 is 14.2 Å². The Hall–Kier alpha value is -1.85. The average molecular weight is 932 g/mol. The van der Waals surface area contributed by atoms with Gasteiger partial charge in [0, 0.05) is 19.3 Å². The Bertz CT molecular complexity index is 1020. The lowest BCUT2D eigenvalue weighted by Crippen LogP contribution is -2.30. The quantitative estimate of drug-likeness (QED) is 0.0262. The molecule has 0 radical (unpaired) electrons. The second-order valence-electron chi connectivity index (χ2n) is 20.3. The predicted molar refractivity (Wildman–Crippen MR) is 284 cm³/mol. The largest absolute Gasteiger partial charge is 0.462 e. The maximum atomic E-state index is 12.8. The van der Waals surface area contributed by atoms with Crippen LogP contribution in [0.25, 0.3) is 0 Å².